The molecule has 9 rings (SSSR count). The van der Waals surface area contributed by atoms with Gasteiger partial charge in [-0.15, -0.1) is 0 Å². The first-order valence-electron chi connectivity index (χ1n) is 20.4. The van der Waals surface area contributed by atoms with Gasteiger partial charge in [0.15, 0.2) is 0 Å². The number of nitro benzene ring substituents is 4. The van der Waals surface area contributed by atoms with Gasteiger partial charge in [0.25, 0.3) is 22.7 Å². The highest BCUT2D eigenvalue weighted by Crippen LogP contribution is 2.44. The van der Waals surface area contributed by atoms with Crippen molar-refractivity contribution in [2.24, 2.45) is 0 Å². The molecule has 16 nitrogen and oxygen atoms in total. The molecule has 3 saturated heterocycles. The van der Waals surface area contributed by atoms with Crippen molar-refractivity contribution in [3.63, 3.8) is 0 Å². The number of nitrogens with one attached hydrogen (secondary N) is 4. The van der Waals surface area contributed by atoms with Crippen LogP contribution in [0.2, 0.25) is 0 Å². The minimum atomic E-state index is -0.399. The first-order chi connectivity index (χ1) is 29.0. The van der Waals surface area contributed by atoms with Gasteiger partial charge in [-0.3, -0.25) is 40.5 Å². The van der Waals surface area contributed by atoms with E-state index >= 15 is 0 Å². The molecule has 4 aromatic rings. The molecule has 16 heteroatoms. The number of hydrogen-bond donors (Lipinski definition) is 4. The van der Waals surface area contributed by atoms with Gasteiger partial charge in [-0.2, -0.15) is 0 Å². The molecule has 12 atom stereocenters. The van der Waals surface area contributed by atoms with Crippen LogP contribution in [0.3, 0.4) is 0 Å². The summed E-state index contributed by atoms with van der Waals surface area (Å²) < 4.78 is 0. The van der Waals surface area contributed by atoms with E-state index in [4.69, 9.17) is 0 Å². The Morgan fingerprint density at radius 2 is 0.533 bits per heavy atom. The highest BCUT2D eigenvalue weighted by Gasteiger charge is 2.47. The van der Waals surface area contributed by atoms with Gasteiger partial charge in [-0.05, 0) is 47.9 Å². The molecule has 308 valence electrons. The molecular formula is C44H44N8O8. The molecule has 0 aliphatic carbocycles. The first kappa shape index (κ1) is 39.3. The highest BCUT2D eigenvalue weighted by atomic mass is 16.6. The lowest BCUT2D eigenvalue weighted by Gasteiger charge is -2.37. The van der Waals surface area contributed by atoms with Crippen LogP contribution >= 0.6 is 0 Å². The van der Waals surface area contributed by atoms with Crippen LogP contribution in [0.25, 0.3) is 0 Å². The van der Waals surface area contributed by atoms with Crippen LogP contribution in [0, 0.1) is 40.5 Å². The number of rotatable bonds is 8. The van der Waals surface area contributed by atoms with Gasteiger partial charge in [0.2, 0.25) is 0 Å². The zero-order valence-corrected chi connectivity index (χ0v) is 32.4. The monoisotopic (exact) mass is 812 g/mol. The van der Waals surface area contributed by atoms with Crippen molar-refractivity contribution in [1.29, 1.82) is 0 Å². The van der Waals surface area contributed by atoms with Crippen molar-refractivity contribution < 1.29 is 19.7 Å². The quantitative estimate of drug-likeness (QED) is 0.0820. The van der Waals surface area contributed by atoms with Crippen LogP contribution in [0.5, 0.6) is 0 Å². The Hall–Kier alpha value is -6.20. The smallest absolute Gasteiger partial charge is 0.269 e. The summed E-state index contributed by atoms with van der Waals surface area (Å²) in [6.07, 6.45) is 12.0. The molecule has 0 amide bonds. The van der Waals surface area contributed by atoms with Crippen LogP contribution in [0.15, 0.2) is 121 Å². The molecule has 5 aliphatic rings. The number of benzene rings is 4. The number of hydrogen-bond acceptors (Lipinski definition) is 12. The van der Waals surface area contributed by atoms with Gasteiger partial charge in [0, 0.05) is 121 Å². The Kier molecular flexibility index (Phi) is 10.5. The van der Waals surface area contributed by atoms with Crippen LogP contribution in [0.1, 0.15) is 71.6 Å². The van der Waals surface area contributed by atoms with Gasteiger partial charge in [0.05, 0.1) is 19.7 Å². The molecule has 0 radical (unpaired) electrons. The Labute approximate surface area is 344 Å². The average Bonchev–Trinajstić information content (AvgIpc) is 4.10. The van der Waals surface area contributed by atoms with Crippen LogP contribution < -0.4 is 21.3 Å². The Balaban J connectivity index is 1.14. The summed E-state index contributed by atoms with van der Waals surface area (Å²) >= 11 is 0. The summed E-state index contributed by atoms with van der Waals surface area (Å²) in [7, 11) is 0. The zero-order valence-electron chi connectivity index (χ0n) is 32.4. The average molecular weight is 813 g/mol. The summed E-state index contributed by atoms with van der Waals surface area (Å²) in [6.45, 7) is 0. The minimum Gasteiger partial charge on any atom is -0.310 e. The Morgan fingerprint density at radius 3 is 0.717 bits per heavy atom. The van der Waals surface area contributed by atoms with Crippen molar-refractivity contribution in [2.75, 3.05) is 0 Å². The number of nitrogens with zero attached hydrogens (tertiary/aromatic N) is 4. The normalized spacial score (nSPS) is 31.9. The fourth-order valence-corrected chi connectivity index (χ4v) is 10.8. The van der Waals surface area contributed by atoms with Gasteiger partial charge in [-0.25, -0.2) is 0 Å². The predicted octanol–water partition coefficient (Wildman–Crippen LogP) is 6.80. The number of nitro groups is 4. The number of fused-ring (bicyclic) bond motifs is 8. The molecule has 0 aromatic heterocycles. The second-order valence-corrected chi connectivity index (χ2v) is 16.6. The molecule has 12 unspecified atom stereocenters. The minimum absolute atomic E-state index is 0.0102. The van der Waals surface area contributed by atoms with E-state index in [1.807, 2.05) is 48.5 Å². The summed E-state index contributed by atoms with van der Waals surface area (Å²) in [6, 6.07) is 26.3. The SMILES string of the molecule is O=[N+]([O-])c1ccc(C2C3C=CC(N3)C(c3ccc([N+](=O)[O-])cc3)C3CCC(N3)C(c3ccc([N+](=O)[O-])cc3)C3C=CC(N3)C(c3ccc([N+](=O)[O-])cc3)C3CCC2N3)cc1. The van der Waals surface area contributed by atoms with E-state index in [1.165, 1.54) is 0 Å². The Bertz CT molecular complexity index is 2020. The fraction of sp³-hybridized carbons (Fsp3) is 0.364. The molecule has 8 bridgehead atoms. The van der Waals surface area contributed by atoms with E-state index in [-0.39, 0.29) is 94.8 Å². The number of non-ortho nitro benzene ring substituents is 4. The zero-order chi connectivity index (χ0) is 41.7. The standard InChI is InChI=1S/C44H44N8O8/c53-49(54)29-9-1-25(2-10-29)41-33-17-19-35(45-33)42(26-3-11-30(12-4-26)50(55)56)37-21-23-39(47-37)44(28-7-15-32(16-8-28)52(59)60)40-24-22-38(48-40)43(36-20-18-34(41)46-36)27-5-13-31(14-6-27)51(57)58/h1-17,19,22,24,33-48H,18,20-21,23H2. The predicted molar refractivity (Wildman–Crippen MR) is 223 cm³/mol. The molecule has 3 fully saturated rings. The summed E-state index contributed by atoms with van der Waals surface area (Å²) in [5.41, 5.74) is 3.84. The van der Waals surface area contributed by atoms with E-state index in [2.05, 4.69) is 45.6 Å². The molecule has 4 N–H and O–H groups in total. The molecule has 0 saturated carbocycles. The lowest BCUT2D eigenvalue weighted by Crippen LogP contribution is -2.52. The van der Waals surface area contributed by atoms with Crippen molar-refractivity contribution >= 4 is 22.7 Å². The maximum absolute atomic E-state index is 11.7. The highest BCUT2D eigenvalue weighted by molar-refractivity contribution is 5.43. The third-order valence-corrected chi connectivity index (χ3v) is 13.5. The third kappa shape index (κ3) is 7.47. The second-order valence-electron chi connectivity index (χ2n) is 16.6. The lowest BCUT2D eigenvalue weighted by molar-refractivity contribution is -0.385. The van der Waals surface area contributed by atoms with E-state index < -0.39 is 19.7 Å². The fourth-order valence-electron chi connectivity index (χ4n) is 10.8. The molecule has 4 aromatic carbocycles. The van der Waals surface area contributed by atoms with Crippen molar-refractivity contribution in [2.45, 2.75) is 97.7 Å². The topological polar surface area (TPSA) is 221 Å². The van der Waals surface area contributed by atoms with E-state index in [9.17, 15) is 40.5 Å². The molecule has 5 heterocycles. The largest absolute Gasteiger partial charge is 0.310 e. The molecule has 5 aliphatic heterocycles. The van der Waals surface area contributed by atoms with Crippen molar-refractivity contribution in [3.05, 3.63) is 184 Å². The molecule has 0 spiro atoms. The maximum atomic E-state index is 11.7. The second kappa shape index (κ2) is 16.1. The van der Waals surface area contributed by atoms with Crippen molar-refractivity contribution in [3.8, 4) is 0 Å². The van der Waals surface area contributed by atoms with E-state index in [1.54, 1.807) is 48.5 Å². The summed E-state index contributed by atoms with van der Waals surface area (Å²) in [4.78, 5) is 45.1. The Morgan fingerprint density at radius 1 is 0.333 bits per heavy atom. The van der Waals surface area contributed by atoms with E-state index in [0.29, 0.717) is 0 Å². The summed E-state index contributed by atoms with van der Waals surface area (Å²) in [5.74, 6) is -0.516. The van der Waals surface area contributed by atoms with Gasteiger partial charge >= 0.3 is 0 Å². The molecule has 60 heavy (non-hydrogen) atoms. The van der Waals surface area contributed by atoms with Crippen LogP contribution in [0.4, 0.5) is 22.7 Å². The van der Waals surface area contributed by atoms with Gasteiger partial charge in [0.1, 0.15) is 0 Å². The van der Waals surface area contributed by atoms with Crippen LogP contribution in [-0.2, 0) is 0 Å². The van der Waals surface area contributed by atoms with Crippen molar-refractivity contribution in [1.82, 2.24) is 21.3 Å². The van der Waals surface area contributed by atoms with Crippen LogP contribution in [-0.4, -0.2) is 68.0 Å². The first-order valence-corrected chi connectivity index (χ1v) is 20.4. The van der Waals surface area contributed by atoms with Gasteiger partial charge < -0.3 is 21.3 Å². The molecular weight excluding hydrogens is 769 g/mol. The maximum Gasteiger partial charge on any atom is 0.269 e. The summed E-state index contributed by atoms with van der Waals surface area (Å²) in [5, 5.41) is 62.7. The lowest BCUT2D eigenvalue weighted by atomic mass is 9.83. The van der Waals surface area contributed by atoms with Gasteiger partial charge in [-0.1, -0.05) is 72.8 Å². The van der Waals surface area contributed by atoms with E-state index in [0.717, 1.165) is 47.9 Å². The third-order valence-electron chi connectivity index (χ3n) is 13.5.